The molecular weight excluding hydrogens is 148 g/mol. The molecule has 1 nitrogen and oxygen atoms in total. The summed E-state index contributed by atoms with van der Waals surface area (Å²) in [6.07, 6.45) is 11.1. The normalized spacial score (nSPS) is 9.42. The molecule has 0 aliphatic rings. The molecule has 0 unspecified atom stereocenters. The Balaban J connectivity index is 2.86. The summed E-state index contributed by atoms with van der Waals surface area (Å²) in [6, 6.07) is 0. The maximum absolute atomic E-state index is 9.79. The van der Waals surface area contributed by atoms with Gasteiger partial charge < -0.3 is 0 Å². The van der Waals surface area contributed by atoms with Crippen LogP contribution in [-0.2, 0) is 4.79 Å². The highest BCUT2D eigenvalue weighted by Gasteiger charge is 1.88. The summed E-state index contributed by atoms with van der Waals surface area (Å²) in [5, 5.41) is 0. The van der Waals surface area contributed by atoms with Gasteiger partial charge in [-0.3, -0.25) is 0 Å². The molecule has 0 saturated heterocycles. The van der Waals surface area contributed by atoms with Crippen LogP contribution in [0.15, 0.2) is 6.08 Å². The Kier molecular flexibility index (Phi) is 9.97. The van der Waals surface area contributed by atoms with Crippen LogP contribution in [0.25, 0.3) is 0 Å². The Hall–Kier alpha value is -0.550. The second-order valence-corrected chi connectivity index (χ2v) is 3.09. The lowest BCUT2D eigenvalue weighted by molar-refractivity contribution is 0.566. The van der Waals surface area contributed by atoms with Crippen LogP contribution in [0.3, 0.4) is 0 Å². The monoisotopic (exact) mass is 167 g/mol. The number of hydrogen-bond acceptors (Lipinski definition) is 1. The third-order valence-electron chi connectivity index (χ3n) is 1.93. The average molecular weight is 167 g/mol. The minimum Gasteiger partial charge on any atom is -0.234 e. The van der Waals surface area contributed by atoms with E-state index in [1.807, 2.05) is 0 Å². The van der Waals surface area contributed by atoms with E-state index < -0.39 is 0 Å². The SMILES string of the molecule is [CH2]CCCCCCCCC=C=O. The van der Waals surface area contributed by atoms with Crippen LogP contribution in [0.1, 0.15) is 51.4 Å². The molecule has 69 valence electrons. The summed E-state index contributed by atoms with van der Waals surface area (Å²) in [5.74, 6) is 1.80. The van der Waals surface area contributed by atoms with E-state index in [0.29, 0.717) is 0 Å². The van der Waals surface area contributed by atoms with Gasteiger partial charge in [-0.05, 0) is 18.9 Å². The maximum Gasteiger partial charge on any atom is 0.120 e. The first kappa shape index (κ1) is 11.4. The molecule has 0 aromatic carbocycles. The molecular formula is C11H19O. The van der Waals surface area contributed by atoms with Crippen LogP contribution in [-0.4, -0.2) is 5.94 Å². The van der Waals surface area contributed by atoms with Crippen LogP contribution in [0.5, 0.6) is 0 Å². The molecule has 0 amide bonds. The van der Waals surface area contributed by atoms with E-state index in [1.54, 1.807) is 12.0 Å². The first-order valence-corrected chi connectivity index (χ1v) is 4.90. The summed E-state index contributed by atoms with van der Waals surface area (Å²) < 4.78 is 0. The van der Waals surface area contributed by atoms with E-state index >= 15 is 0 Å². The molecule has 0 aliphatic heterocycles. The van der Waals surface area contributed by atoms with Gasteiger partial charge in [0.1, 0.15) is 5.94 Å². The molecule has 0 spiro atoms. The van der Waals surface area contributed by atoms with E-state index in [2.05, 4.69) is 6.92 Å². The number of allylic oxidation sites excluding steroid dienone is 1. The Morgan fingerprint density at radius 3 is 2.17 bits per heavy atom. The topological polar surface area (TPSA) is 17.1 Å². The minimum absolute atomic E-state index is 0.902. The summed E-state index contributed by atoms with van der Waals surface area (Å²) in [5.41, 5.74) is 0. The fourth-order valence-corrected chi connectivity index (χ4v) is 1.19. The maximum atomic E-state index is 9.79. The number of unbranched alkanes of at least 4 members (excludes halogenated alkanes) is 7. The van der Waals surface area contributed by atoms with E-state index in [4.69, 9.17) is 0 Å². The van der Waals surface area contributed by atoms with Crippen molar-refractivity contribution in [3.63, 3.8) is 0 Å². The van der Waals surface area contributed by atoms with Gasteiger partial charge in [0.25, 0.3) is 0 Å². The van der Waals surface area contributed by atoms with Gasteiger partial charge in [-0.15, -0.1) is 0 Å². The van der Waals surface area contributed by atoms with Crippen LogP contribution in [0.2, 0.25) is 0 Å². The molecule has 0 atom stereocenters. The molecule has 0 bridgehead atoms. The molecule has 0 aromatic rings. The highest BCUT2D eigenvalue weighted by molar-refractivity contribution is 5.44. The molecule has 0 saturated carbocycles. The van der Waals surface area contributed by atoms with Crippen LogP contribution in [0, 0.1) is 6.92 Å². The molecule has 0 aliphatic carbocycles. The van der Waals surface area contributed by atoms with Crippen molar-refractivity contribution in [2.75, 3.05) is 0 Å². The van der Waals surface area contributed by atoms with Crippen molar-refractivity contribution in [1.29, 1.82) is 0 Å². The smallest absolute Gasteiger partial charge is 0.120 e. The molecule has 1 heteroatoms. The third kappa shape index (κ3) is 9.45. The lowest BCUT2D eigenvalue weighted by Crippen LogP contribution is -1.78. The van der Waals surface area contributed by atoms with Crippen LogP contribution in [0.4, 0.5) is 0 Å². The summed E-state index contributed by atoms with van der Waals surface area (Å²) in [6.45, 7) is 3.80. The first-order chi connectivity index (χ1) is 5.91. The summed E-state index contributed by atoms with van der Waals surface area (Å²) in [7, 11) is 0. The van der Waals surface area contributed by atoms with Crippen molar-refractivity contribution >= 4 is 5.94 Å². The highest BCUT2D eigenvalue weighted by Crippen LogP contribution is 2.07. The van der Waals surface area contributed by atoms with Gasteiger partial charge in [-0.25, -0.2) is 4.79 Å². The number of rotatable bonds is 8. The van der Waals surface area contributed by atoms with Crippen LogP contribution >= 0.6 is 0 Å². The predicted molar refractivity (Wildman–Crippen MR) is 52.6 cm³/mol. The van der Waals surface area contributed by atoms with Gasteiger partial charge in [0.2, 0.25) is 0 Å². The van der Waals surface area contributed by atoms with Crippen molar-refractivity contribution in [1.82, 2.24) is 0 Å². The lowest BCUT2D eigenvalue weighted by atomic mass is 10.1. The fourth-order valence-electron chi connectivity index (χ4n) is 1.19. The zero-order valence-electron chi connectivity index (χ0n) is 7.85. The number of hydrogen-bond donors (Lipinski definition) is 0. The van der Waals surface area contributed by atoms with Gasteiger partial charge in [0.15, 0.2) is 0 Å². The largest absolute Gasteiger partial charge is 0.234 e. The van der Waals surface area contributed by atoms with Crippen molar-refractivity contribution < 1.29 is 4.79 Å². The molecule has 1 radical (unpaired) electrons. The van der Waals surface area contributed by atoms with Gasteiger partial charge in [0, 0.05) is 0 Å². The van der Waals surface area contributed by atoms with Crippen molar-refractivity contribution in [3.05, 3.63) is 13.0 Å². The Bertz CT molecular complexity index is 123. The fraction of sp³-hybridized carbons (Fsp3) is 0.727. The first-order valence-electron chi connectivity index (χ1n) is 4.90. The molecule has 12 heavy (non-hydrogen) atoms. The van der Waals surface area contributed by atoms with Crippen molar-refractivity contribution in [3.8, 4) is 0 Å². The second kappa shape index (κ2) is 10.4. The molecule has 0 rings (SSSR count). The van der Waals surface area contributed by atoms with Crippen molar-refractivity contribution in [2.45, 2.75) is 51.4 Å². The molecule has 0 heterocycles. The zero-order valence-corrected chi connectivity index (χ0v) is 7.85. The number of carbonyl (C=O) groups excluding carboxylic acids is 1. The van der Waals surface area contributed by atoms with Crippen molar-refractivity contribution in [2.24, 2.45) is 0 Å². The van der Waals surface area contributed by atoms with Gasteiger partial charge in [-0.2, -0.15) is 0 Å². The Morgan fingerprint density at radius 1 is 1.00 bits per heavy atom. The quantitative estimate of drug-likeness (QED) is 0.400. The average Bonchev–Trinajstić information content (AvgIpc) is 2.10. The second-order valence-electron chi connectivity index (χ2n) is 3.09. The standard InChI is InChI=1S/C11H19O/c1-2-3-4-5-6-7-8-9-10-11-12/h10H,1-9H2. The predicted octanol–water partition coefficient (Wildman–Crippen LogP) is 3.33. The van der Waals surface area contributed by atoms with E-state index in [-0.39, 0.29) is 0 Å². The van der Waals surface area contributed by atoms with E-state index in [9.17, 15) is 4.79 Å². The molecule has 0 aromatic heterocycles. The van der Waals surface area contributed by atoms with E-state index in [0.717, 1.165) is 19.3 Å². The van der Waals surface area contributed by atoms with Gasteiger partial charge in [-0.1, -0.05) is 45.4 Å². The van der Waals surface area contributed by atoms with Crippen LogP contribution < -0.4 is 0 Å². The zero-order chi connectivity index (χ0) is 9.07. The minimum atomic E-state index is 0.902. The molecule has 0 fully saturated rings. The molecule has 0 N–H and O–H groups in total. The van der Waals surface area contributed by atoms with E-state index in [1.165, 1.54) is 32.1 Å². The van der Waals surface area contributed by atoms with Gasteiger partial charge in [0.05, 0.1) is 0 Å². The summed E-state index contributed by atoms with van der Waals surface area (Å²) in [4.78, 5) is 9.79. The summed E-state index contributed by atoms with van der Waals surface area (Å²) >= 11 is 0. The third-order valence-corrected chi connectivity index (χ3v) is 1.93. The Labute approximate surface area is 75.9 Å². The van der Waals surface area contributed by atoms with Gasteiger partial charge >= 0.3 is 0 Å². The highest BCUT2D eigenvalue weighted by atomic mass is 16.1. The lowest BCUT2D eigenvalue weighted by Gasteiger charge is -1.97. The Morgan fingerprint density at radius 2 is 1.58 bits per heavy atom.